The predicted octanol–water partition coefficient (Wildman–Crippen LogP) is 1.67. The largest absolute Gasteiger partial charge is 0.496 e. The third-order valence-corrected chi connectivity index (χ3v) is 4.48. The van der Waals surface area contributed by atoms with Crippen LogP contribution in [0.4, 0.5) is 0 Å². The molecule has 1 aliphatic rings. The molecule has 2 rings (SSSR count). The highest BCUT2D eigenvalue weighted by Crippen LogP contribution is 2.28. The van der Waals surface area contributed by atoms with Crippen molar-refractivity contribution in [3.05, 3.63) is 29.8 Å². The Morgan fingerprint density at radius 1 is 1.41 bits per heavy atom. The van der Waals surface area contributed by atoms with Crippen LogP contribution in [0.25, 0.3) is 0 Å². The number of likely N-dealkylation sites (N-methyl/N-ethyl adjacent to an activating group) is 1. The number of methoxy groups -OCH3 is 1. The van der Waals surface area contributed by atoms with E-state index in [-0.39, 0.29) is 18.1 Å². The fraction of sp³-hybridized carbons (Fsp3) is 0.588. The third kappa shape index (κ3) is 3.99. The summed E-state index contributed by atoms with van der Waals surface area (Å²) in [7, 11) is 3.48. The number of ether oxygens (including phenoxy) is 1. The van der Waals surface area contributed by atoms with Crippen LogP contribution in [0.1, 0.15) is 31.4 Å². The first kappa shape index (κ1) is 16.8. The summed E-state index contributed by atoms with van der Waals surface area (Å²) >= 11 is 0. The lowest BCUT2D eigenvalue weighted by atomic mass is 10.1. The lowest BCUT2D eigenvalue weighted by Crippen LogP contribution is -2.43. The second-order valence-corrected chi connectivity index (χ2v) is 5.93. The monoisotopic (exact) mass is 306 g/mol. The van der Waals surface area contributed by atoms with E-state index in [2.05, 4.69) is 4.90 Å². The Kier molecular flexibility index (Phi) is 5.80. The number of hydrogen-bond donors (Lipinski definition) is 1. The lowest BCUT2D eigenvalue weighted by Gasteiger charge is -2.32. The number of piperidine rings is 1. The summed E-state index contributed by atoms with van der Waals surface area (Å²) in [5, 5.41) is 9.53. The molecule has 1 unspecified atom stereocenters. The van der Waals surface area contributed by atoms with Gasteiger partial charge in [-0.2, -0.15) is 0 Å². The van der Waals surface area contributed by atoms with E-state index in [1.807, 2.05) is 38.2 Å². The molecule has 0 spiro atoms. The minimum absolute atomic E-state index is 0.0426. The van der Waals surface area contributed by atoms with Crippen LogP contribution in [0.2, 0.25) is 0 Å². The molecule has 1 N–H and O–H groups in total. The molecular formula is C17H26N2O3. The van der Waals surface area contributed by atoms with Crippen molar-refractivity contribution in [2.24, 2.45) is 0 Å². The number of carbonyl (C=O) groups excluding carboxylic acids is 1. The first-order chi connectivity index (χ1) is 10.5. The van der Waals surface area contributed by atoms with E-state index in [4.69, 9.17) is 4.74 Å². The standard InChI is InChI=1S/C17H26N2O3/c1-13(15-6-4-5-7-16(15)22-3)18(2)17(21)12-19-10-8-14(20)9-11-19/h4-7,13-14,20H,8-12H2,1-3H3. The number of para-hydroxylation sites is 1. The molecule has 0 aliphatic carbocycles. The Labute approximate surface area is 132 Å². The summed E-state index contributed by atoms with van der Waals surface area (Å²) in [6, 6.07) is 7.74. The van der Waals surface area contributed by atoms with Crippen molar-refractivity contribution in [2.75, 3.05) is 33.8 Å². The molecule has 5 nitrogen and oxygen atoms in total. The number of carbonyl (C=O) groups is 1. The van der Waals surface area contributed by atoms with Crippen LogP contribution in [-0.2, 0) is 4.79 Å². The van der Waals surface area contributed by atoms with E-state index in [1.165, 1.54) is 0 Å². The van der Waals surface area contributed by atoms with E-state index in [0.29, 0.717) is 6.54 Å². The highest BCUT2D eigenvalue weighted by Gasteiger charge is 2.24. The maximum atomic E-state index is 12.5. The summed E-state index contributed by atoms with van der Waals surface area (Å²) in [6.07, 6.45) is 1.29. The molecule has 1 amide bonds. The normalized spacial score (nSPS) is 18.0. The molecule has 1 fully saturated rings. The first-order valence-electron chi connectivity index (χ1n) is 7.82. The summed E-state index contributed by atoms with van der Waals surface area (Å²) in [4.78, 5) is 16.4. The van der Waals surface area contributed by atoms with Gasteiger partial charge < -0.3 is 14.7 Å². The molecule has 1 saturated heterocycles. The van der Waals surface area contributed by atoms with Crippen LogP contribution in [0.3, 0.4) is 0 Å². The second-order valence-electron chi connectivity index (χ2n) is 5.93. The van der Waals surface area contributed by atoms with Gasteiger partial charge in [0.05, 0.1) is 25.8 Å². The highest BCUT2D eigenvalue weighted by atomic mass is 16.5. The van der Waals surface area contributed by atoms with Gasteiger partial charge in [0.1, 0.15) is 5.75 Å². The first-order valence-corrected chi connectivity index (χ1v) is 7.82. The van der Waals surface area contributed by atoms with Gasteiger partial charge in [-0.3, -0.25) is 9.69 Å². The van der Waals surface area contributed by atoms with Crippen LogP contribution >= 0.6 is 0 Å². The van der Waals surface area contributed by atoms with E-state index < -0.39 is 0 Å². The van der Waals surface area contributed by atoms with Gasteiger partial charge in [0.25, 0.3) is 0 Å². The van der Waals surface area contributed by atoms with Gasteiger partial charge in [0.2, 0.25) is 5.91 Å². The summed E-state index contributed by atoms with van der Waals surface area (Å²) in [6.45, 7) is 3.98. The molecule has 5 heteroatoms. The minimum Gasteiger partial charge on any atom is -0.496 e. The molecule has 0 bridgehead atoms. The van der Waals surface area contributed by atoms with Crippen molar-refractivity contribution in [1.29, 1.82) is 0 Å². The van der Waals surface area contributed by atoms with E-state index in [1.54, 1.807) is 12.0 Å². The average Bonchev–Trinajstić information content (AvgIpc) is 2.55. The van der Waals surface area contributed by atoms with Gasteiger partial charge in [-0.05, 0) is 25.8 Å². The van der Waals surface area contributed by atoms with Crippen molar-refractivity contribution in [1.82, 2.24) is 9.80 Å². The topological polar surface area (TPSA) is 53.0 Å². The highest BCUT2D eigenvalue weighted by molar-refractivity contribution is 5.78. The SMILES string of the molecule is COc1ccccc1C(C)N(C)C(=O)CN1CCC(O)CC1. The van der Waals surface area contributed by atoms with Crippen LogP contribution in [-0.4, -0.2) is 60.7 Å². The Balaban J connectivity index is 1.97. The van der Waals surface area contributed by atoms with Crippen molar-refractivity contribution in [2.45, 2.75) is 31.9 Å². The summed E-state index contributed by atoms with van der Waals surface area (Å²) < 4.78 is 5.38. The molecule has 1 aromatic rings. The predicted molar refractivity (Wildman–Crippen MR) is 85.9 cm³/mol. The van der Waals surface area contributed by atoms with Gasteiger partial charge >= 0.3 is 0 Å². The maximum absolute atomic E-state index is 12.5. The Hall–Kier alpha value is -1.59. The molecule has 1 aliphatic heterocycles. The Bertz CT molecular complexity index is 498. The molecular weight excluding hydrogens is 280 g/mol. The van der Waals surface area contributed by atoms with E-state index in [0.717, 1.165) is 37.2 Å². The number of rotatable bonds is 5. The average molecular weight is 306 g/mol. The summed E-state index contributed by atoms with van der Waals surface area (Å²) in [5.74, 6) is 0.894. The number of amides is 1. The minimum atomic E-state index is -0.211. The van der Waals surface area contributed by atoms with Crippen molar-refractivity contribution >= 4 is 5.91 Å². The van der Waals surface area contributed by atoms with Crippen LogP contribution in [0.5, 0.6) is 5.75 Å². The molecule has 0 saturated carbocycles. The van der Waals surface area contributed by atoms with Crippen molar-refractivity contribution in [3.8, 4) is 5.75 Å². The number of likely N-dealkylation sites (tertiary alicyclic amines) is 1. The zero-order valence-electron chi connectivity index (χ0n) is 13.7. The Morgan fingerprint density at radius 2 is 2.05 bits per heavy atom. The van der Waals surface area contributed by atoms with Crippen LogP contribution < -0.4 is 4.74 Å². The third-order valence-electron chi connectivity index (χ3n) is 4.48. The number of benzene rings is 1. The number of nitrogens with zero attached hydrogens (tertiary/aromatic N) is 2. The quantitative estimate of drug-likeness (QED) is 0.899. The van der Waals surface area contributed by atoms with Crippen LogP contribution in [0, 0.1) is 0 Å². The van der Waals surface area contributed by atoms with Gasteiger partial charge in [0.15, 0.2) is 0 Å². The van der Waals surface area contributed by atoms with Gasteiger partial charge in [-0.15, -0.1) is 0 Å². The number of aliphatic hydroxyl groups excluding tert-OH is 1. The van der Waals surface area contributed by atoms with E-state index in [9.17, 15) is 9.90 Å². The second kappa shape index (κ2) is 7.61. The van der Waals surface area contributed by atoms with Gasteiger partial charge in [-0.1, -0.05) is 18.2 Å². The molecule has 22 heavy (non-hydrogen) atoms. The van der Waals surface area contributed by atoms with E-state index >= 15 is 0 Å². The Morgan fingerprint density at radius 3 is 2.68 bits per heavy atom. The fourth-order valence-electron chi connectivity index (χ4n) is 2.82. The summed E-state index contributed by atoms with van der Waals surface area (Å²) in [5.41, 5.74) is 1.01. The number of aliphatic hydroxyl groups is 1. The molecule has 1 aromatic carbocycles. The maximum Gasteiger partial charge on any atom is 0.236 e. The smallest absolute Gasteiger partial charge is 0.236 e. The lowest BCUT2D eigenvalue weighted by molar-refractivity contribution is -0.133. The number of hydrogen-bond acceptors (Lipinski definition) is 4. The van der Waals surface area contributed by atoms with Crippen LogP contribution in [0.15, 0.2) is 24.3 Å². The zero-order chi connectivity index (χ0) is 16.1. The molecule has 1 atom stereocenters. The fourth-order valence-corrected chi connectivity index (χ4v) is 2.82. The molecule has 0 aromatic heterocycles. The zero-order valence-corrected chi connectivity index (χ0v) is 13.7. The van der Waals surface area contributed by atoms with Crippen molar-refractivity contribution in [3.63, 3.8) is 0 Å². The molecule has 0 radical (unpaired) electrons. The molecule has 1 heterocycles. The van der Waals surface area contributed by atoms with Gasteiger partial charge in [-0.25, -0.2) is 0 Å². The van der Waals surface area contributed by atoms with Gasteiger partial charge in [0, 0.05) is 25.7 Å². The van der Waals surface area contributed by atoms with Crippen molar-refractivity contribution < 1.29 is 14.6 Å². The molecule has 122 valence electrons.